The molecule has 0 spiro atoms. The van der Waals surface area contributed by atoms with Crippen LogP contribution in [0.3, 0.4) is 0 Å². The van der Waals surface area contributed by atoms with E-state index in [1.807, 2.05) is 24.3 Å². The lowest BCUT2D eigenvalue weighted by Gasteiger charge is -2.54. The molecule has 0 heterocycles. The Morgan fingerprint density at radius 3 is 0.631 bits per heavy atom. The fourth-order valence-electron chi connectivity index (χ4n) is 22.2. The van der Waals surface area contributed by atoms with E-state index in [1.165, 1.54) is 169 Å². The van der Waals surface area contributed by atoms with E-state index in [9.17, 15) is 20.4 Å². The molecule has 0 aromatic heterocycles. The molecule has 4 nitrogen and oxygen atoms in total. The lowest BCUT2D eigenvalue weighted by atomic mass is 9.50. The van der Waals surface area contributed by atoms with Gasteiger partial charge in [-0.05, 0) is 284 Å². The Kier molecular flexibility index (Phi) is 17.8. The van der Waals surface area contributed by atoms with Crippen LogP contribution in [-0.4, -0.2) is 20.4 Å². The minimum Gasteiger partial charge on any atom is -0.508 e. The summed E-state index contributed by atoms with van der Waals surface area (Å²) in [6.07, 6.45) is 25.6. The monoisotopic (exact) mass is 1140 g/mol. The fourth-order valence-corrected chi connectivity index (χ4v) is 22.2. The quantitative estimate of drug-likeness (QED) is 0.164. The van der Waals surface area contributed by atoms with Crippen molar-refractivity contribution in [2.75, 3.05) is 0 Å². The standard InChI is InChI=1S/4C20H30O/c4*1-13(2)18-14-7-10-17-19(3,4)11-6-12-20(17,5)15(14)8-9-16(18)21/h4*8-9,13,17,21H,6-7,10-12H2,1-5H3/t4*17-,20+/m0000/s1. The summed E-state index contributed by atoms with van der Waals surface area (Å²) in [6, 6.07) is 16.7. The molecule has 4 N–H and O–H groups in total. The molecular weight excluding hydrogens is 1020 g/mol. The molecule has 4 saturated carbocycles. The van der Waals surface area contributed by atoms with Gasteiger partial charge in [-0.15, -0.1) is 0 Å². The van der Waals surface area contributed by atoms with Gasteiger partial charge in [0.05, 0.1) is 0 Å². The summed E-state index contributed by atoms with van der Waals surface area (Å²) < 4.78 is 0. The van der Waals surface area contributed by atoms with E-state index in [0.29, 0.717) is 90.0 Å². The second-order valence-corrected chi connectivity index (χ2v) is 34.1. The van der Waals surface area contributed by atoms with Gasteiger partial charge in [-0.2, -0.15) is 0 Å². The van der Waals surface area contributed by atoms with Crippen molar-refractivity contribution in [3.8, 4) is 23.0 Å². The van der Waals surface area contributed by atoms with Crippen molar-refractivity contribution in [1.29, 1.82) is 0 Å². The Morgan fingerprint density at radius 2 is 0.464 bits per heavy atom. The average Bonchev–Trinajstić information content (AvgIpc) is 1.07. The molecule has 8 aliphatic rings. The molecule has 4 aromatic carbocycles. The van der Waals surface area contributed by atoms with Crippen molar-refractivity contribution < 1.29 is 20.4 Å². The van der Waals surface area contributed by atoms with E-state index in [0.717, 1.165) is 49.4 Å². The van der Waals surface area contributed by atoms with Crippen LogP contribution in [0, 0.1) is 45.3 Å². The number of rotatable bonds is 4. The van der Waals surface area contributed by atoms with Gasteiger partial charge in [0.2, 0.25) is 0 Å². The van der Waals surface area contributed by atoms with Crippen molar-refractivity contribution in [3.05, 3.63) is 115 Å². The molecule has 4 aromatic rings. The Morgan fingerprint density at radius 1 is 0.286 bits per heavy atom. The summed E-state index contributed by atoms with van der Waals surface area (Å²) in [7, 11) is 0. The number of hydrogen-bond donors (Lipinski definition) is 4. The van der Waals surface area contributed by atoms with E-state index < -0.39 is 0 Å². The first kappa shape index (κ1) is 64.6. The zero-order valence-electron chi connectivity index (χ0n) is 57.2. The van der Waals surface area contributed by atoms with Crippen molar-refractivity contribution in [3.63, 3.8) is 0 Å². The maximum atomic E-state index is 10.3. The normalized spacial score (nSPS) is 30.9. The van der Waals surface area contributed by atoms with Crippen molar-refractivity contribution in [1.82, 2.24) is 0 Å². The Bertz CT molecular complexity index is 2630. The van der Waals surface area contributed by atoms with Gasteiger partial charge in [-0.1, -0.05) is 188 Å². The fraction of sp³-hybridized carbons (Fsp3) is 0.700. The Labute approximate surface area is 513 Å². The van der Waals surface area contributed by atoms with Gasteiger partial charge in [-0.25, -0.2) is 0 Å². The Hall–Kier alpha value is -3.92. The van der Waals surface area contributed by atoms with Crippen LogP contribution in [0.2, 0.25) is 0 Å². The van der Waals surface area contributed by atoms with E-state index >= 15 is 0 Å². The van der Waals surface area contributed by atoms with Crippen LogP contribution in [0.25, 0.3) is 0 Å². The molecule has 0 bridgehead atoms. The molecule has 0 saturated heterocycles. The third-order valence-corrected chi connectivity index (χ3v) is 25.8. The molecule has 84 heavy (non-hydrogen) atoms. The summed E-state index contributed by atoms with van der Waals surface area (Å²) in [6.45, 7) is 47.3. The number of phenolic OH excluding ortho intramolecular Hbond substituents is 4. The maximum absolute atomic E-state index is 10.3. The first-order chi connectivity index (χ1) is 39.1. The first-order valence-electron chi connectivity index (χ1n) is 34.5. The maximum Gasteiger partial charge on any atom is 0.119 e. The summed E-state index contributed by atoms with van der Waals surface area (Å²) in [5.41, 5.74) is 19.8. The van der Waals surface area contributed by atoms with Gasteiger partial charge in [-0.3, -0.25) is 0 Å². The third kappa shape index (κ3) is 11.1. The van der Waals surface area contributed by atoms with Crippen LogP contribution in [0.5, 0.6) is 23.0 Å². The lowest BCUT2D eigenvalue weighted by Crippen LogP contribution is -2.48. The largest absolute Gasteiger partial charge is 0.508 e. The van der Waals surface area contributed by atoms with Gasteiger partial charge in [0.25, 0.3) is 0 Å². The molecule has 8 atom stereocenters. The molecular formula is C80H120O4. The second-order valence-electron chi connectivity index (χ2n) is 34.1. The number of fused-ring (bicyclic) bond motifs is 12. The second kappa shape index (κ2) is 23.2. The van der Waals surface area contributed by atoms with Crippen LogP contribution in [0.1, 0.15) is 332 Å². The number of benzene rings is 4. The van der Waals surface area contributed by atoms with Crippen molar-refractivity contribution >= 4 is 0 Å². The smallest absolute Gasteiger partial charge is 0.119 e. The molecule has 0 radical (unpaired) electrons. The molecule has 0 amide bonds. The predicted octanol–water partition coefficient (Wildman–Crippen LogP) is 22.2. The molecule has 0 aliphatic heterocycles. The number of phenols is 4. The van der Waals surface area contributed by atoms with Crippen LogP contribution in [0.4, 0.5) is 0 Å². The van der Waals surface area contributed by atoms with Crippen molar-refractivity contribution in [2.45, 2.75) is 312 Å². The number of aromatic hydroxyl groups is 4. The van der Waals surface area contributed by atoms with Crippen LogP contribution in [-0.2, 0) is 47.3 Å². The van der Waals surface area contributed by atoms with Crippen molar-refractivity contribution in [2.24, 2.45) is 45.3 Å². The van der Waals surface area contributed by atoms with Gasteiger partial charge in [0, 0.05) is 0 Å². The van der Waals surface area contributed by atoms with Crippen LogP contribution >= 0.6 is 0 Å². The molecule has 464 valence electrons. The van der Waals surface area contributed by atoms with Crippen LogP contribution in [0.15, 0.2) is 48.5 Å². The van der Waals surface area contributed by atoms with E-state index in [-0.39, 0.29) is 0 Å². The predicted molar refractivity (Wildman–Crippen MR) is 356 cm³/mol. The van der Waals surface area contributed by atoms with Gasteiger partial charge >= 0.3 is 0 Å². The van der Waals surface area contributed by atoms with Gasteiger partial charge in [0.1, 0.15) is 23.0 Å². The van der Waals surface area contributed by atoms with Crippen LogP contribution < -0.4 is 0 Å². The highest BCUT2D eigenvalue weighted by atomic mass is 16.3. The number of hydrogen-bond acceptors (Lipinski definition) is 4. The highest BCUT2D eigenvalue weighted by Gasteiger charge is 2.54. The topological polar surface area (TPSA) is 80.9 Å². The summed E-state index contributed by atoms with van der Waals surface area (Å²) in [4.78, 5) is 0. The average molecular weight is 1150 g/mol. The highest BCUT2D eigenvalue weighted by Crippen LogP contribution is 2.63. The van der Waals surface area contributed by atoms with E-state index in [4.69, 9.17) is 0 Å². The van der Waals surface area contributed by atoms with E-state index in [1.54, 1.807) is 0 Å². The van der Waals surface area contributed by atoms with E-state index in [2.05, 4.69) is 163 Å². The zero-order chi connectivity index (χ0) is 61.7. The highest BCUT2D eigenvalue weighted by molar-refractivity contribution is 5.55. The minimum absolute atomic E-state index is 0.298. The molecule has 4 heteroatoms. The summed E-state index contributed by atoms with van der Waals surface area (Å²) in [5.74, 6) is 6.70. The lowest BCUT2D eigenvalue weighted by molar-refractivity contribution is 0.0403. The summed E-state index contributed by atoms with van der Waals surface area (Å²) >= 11 is 0. The molecule has 4 fully saturated rings. The summed E-state index contributed by atoms with van der Waals surface area (Å²) in [5, 5.41) is 41.3. The molecule has 8 aliphatic carbocycles. The zero-order valence-corrected chi connectivity index (χ0v) is 57.2. The first-order valence-corrected chi connectivity index (χ1v) is 34.5. The SMILES string of the molecule is CC(C)c1c(O)ccc2c1CC[C@H]1C(C)(C)CCC[C@]21C.CC(C)c1c(O)ccc2c1CC[C@H]1C(C)(C)CCC[C@]21C.CC(C)c1c(O)ccc2c1CC[C@H]1C(C)(C)CCC[C@]21C.CC(C)c1c(O)ccc2c1CC[C@H]1C(C)(C)CCC[C@]21C. The molecule has 0 unspecified atom stereocenters. The van der Waals surface area contributed by atoms with Gasteiger partial charge in [0.15, 0.2) is 0 Å². The minimum atomic E-state index is 0.298. The van der Waals surface area contributed by atoms with Gasteiger partial charge < -0.3 is 20.4 Å². The molecule has 12 rings (SSSR count). The third-order valence-electron chi connectivity index (χ3n) is 25.8. The Balaban J connectivity index is 0.000000134.